The predicted molar refractivity (Wildman–Crippen MR) is 75.8 cm³/mol. The first-order valence-electron chi connectivity index (χ1n) is 6.75. The number of nitrogens with one attached hydrogen (secondary N) is 1. The molecule has 0 unspecified atom stereocenters. The van der Waals surface area contributed by atoms with Gasteiger partial charge in [0.2, 0.25) is 0 Å². The van der Waals surface area contributed by atoms with Crippen molar-refractivity contribution in [2.75, 3.05) is 20.3 Å². The van der Waals surface area contributed by atoms with Gasteiger partial charge >= 0.3 is 5.97 Å². The highest BCUT2D eigenvalue weighted by atomic mass is 16.5. The fourth-order valence-corrected chi connectivity index (χ4v) is 1.55. The van der Waals surface area contributed by atoms with E-state index in [2.05, 4.69) is 5.32 Å². The molecule has 0 radical (unpaired) electrons. The number of ether oxygens (including phenoxy) is 2. The number of unbranched alkanes of at least 4 members (excludes halogenated alkanes) is 1. The summed E-state index contributed by atoms with van der Waals surface area (Å²) in [5.74, 6) is 0.103. The molecule has 0 aliphatic heterocycles. The van der Waals surface area contributed by atoms with Gasteiger partial charge in [-0.05, 0) is 24.6 Å². The van der Waals surface area contributed by atoms with E-state index in [-0.39, 0.29) is 24.8 Å². The minimum absolute atomic E-state index is 0.180. The fourth-order valence-electron chi connectivity index (χ4n) is 1.55. The van der Waals surface area contributed by atoms with Gasteiger partial charge in [-0.25, -0.2) is 0 Å². The summed E-state index contributed by atoms with van der Waals surface area (Å²) in [5.41, 5.74) is 0.503. The largest absolute Gasteiger partial charge is 0.497 e. The number of rotatable bonds is 8. The van der Waals surface area contributed by atoms with Gasteiger partial charge < -0.3 is 14.8 Å². The second-order valence-electron chi connectivity index (χ2n) is 4.31. The van der Waals surface area contributed by atoms with Crippen molar-refractivity contribution in [2.45, 2.75) is 26.2 Å². The fraction of sp³-hybridized carbons (Fsp3) is 0.467. The predicted octanol–water partition coefficient (Wildman–Crippen LogP) is 2.16. The molecule has 0 bridgehead atoms. The van der Waals surface area contributed by atoms with Crippen LogP contribution in [0.4, 0.5) is 0 Å². The van der Waals surface area contributed by atoms with Crippen LogP contribution in [0.2, 0.25) is 0 Å². The molecule has 1 N–H and O–H groups in total. The van der Waals surface area contributed by atoms with Crippen molar-refractivity contribution in [2.24, 2.45) is 0 Å². The van der Waals surface area contributed by atoms with Crippen LogP contribution in [0.1, 0.15) is 36.5 Å². The Morgan fingerprint density at radius 1 is 1.30 bits per heavy atom. The minimum Gasteiger partial charge on any atom is -0.497 e. The van der Waals surface area contributed by atoms with Crippen LogP contribution in [-0.2, 0) is 9.53 Å². The van der Waals surface area contributed by atoms with Gasteiger partial charge in [0.25, 0.3) is 5.91 Å². The molecule has 0 heterocycles. The van der Waals surface area contributed by atoms with E-state index in [1.54, 1.807) is 31.4 Å². The van der Waals surface area contributed by atoms with E-state index in [0.29, 0.717) is 17.9 Å². The monoisotopic (exact) mass is 279 g/mol. The van der Waals surface area contributed by atoms with Crippen molar-refractivity contribution >= 4 is 11.9 Å². The van der Waals surface area contributed by atoms with Crippen LogP contribution in [0.3, 0.4) is 0 Å². The molecule has 20 heavy (non-hydrogen) atoms. The zero-order valence-corrected chi connectivity index (χ0v) is 12.0. The van der Waals surface area contributed by atoms with E-state index in [1.807, 2.05) is 6.92 Å². The Kier molecular flexibility index (Phi) is 7.17. The quantitative estimate of drug-likeness (QED) is 0.585. The lowest BCUT2D eigenvalue weighted by atomic mass is 10.2. The van der Waals surface area contributed by atoms with Gasteiger partial charge in [0.05, 0.1) is 20.1 Å². The SMILES string of the molecule is CCCCOC(=O)CCNC(=O)c1cccc(OC)c1. The molecule has 0 saturated carbocycles. The number of esters is 1. The molecule has 0 aliphatic rings. The molecule has 5 nitrogen and oxygen atoms in total. The van der Waals surface area contributed by atoms with Crippen molar-refractivity contribution in [1.82, 2.24) is 5.32 Å². The molecule has 0 fully saturated rings. The van der Waals surface area contributed by atoms with E-state index in [0.717, 1.165) is 12.8 Å². The number of methoxy groups -OCH3 is 1. The van der Waals surface area contributed by atoms with Crippen molar-refractivity contribution in [1.29, 1.82) is 0 Å². The highest BCUT2D eigenvalue weighted by molar-refractivity contribution is 5.94. The van der Waals surface area contributed by atoms with Gasteiger partial charge in [0, 0.05) is 12.1 Å². The number of hydrogen-bond donors (Lipinski definition) is 1. The molecule has 1 aromatic carbocycles. The van der Waals surface area contributed by atoms with Gasteiger partial charge in [-0.2, -0.15) is 0 Å². The van der Waals surface area contributed by atoms with E-state index in [4.69, 9.17) is 9.47 Å². The van der Waals surface area contributed by atoms with E-state index < -0.39 is 0 Å². The molecule has 0 atom stereocenters. The van der Waals surface area contributed by atoms with Crippen LogP contribution in [0.15, 0.2) is 24.3 Å². The molecule has 1 rings (SSSR count). The van der Waals surface area contributed by atoms with Gasteiger partial charge in [0.1, 0.15) is 5.75 Å². The van der Waals surface area contributed by atoms with E-state index in [9.17, 15) is 9.59 Å². The van der Waals surface area contributed by atoms with Crippen LogP contribution in [-0.4, -0.2) is 32.1 Å². The average Bonchev–Trinajstić information content (AvgIpc) is 2.47. The number of amides is 1. The third kappa shape index (κ3) is 5.73. The Balaban J connectivity index is 2.30. The second-order valence-corrected chi connectivity index (χ2v) is 4.31. The van der Waals surface area contributed by atoms with Crippen molar-refractivity contribution in [3.63, 3.8) is 0 Å². The second kappa shape index (κ2) is 8.96. The summed E-state index contributed by atoms with van der Waals surface area (Å²) in [6, 6.07) is 6.85. The van der Waals surface area contributed by atoms with Crippen LogP contribution >= 0.6 is 0 Å². The first-order valence-corrected chi connectivity index (χ1v) is 6.75. The summed E-state index contributed by atoms with van der Waals surface area (Å²) in [5, 5.41) is 2.68. The Labute approximate surface area is 119 Å². The summed E-state index contributed by atoms with van der Waals surface area (Å²) in [4.78, 5) is 23.2. The number of benzene rings is 1. The molecule has 0 aromatic heterocycles. The number of hydrogen-bond acceptors (Lipinski definition) is 4. The van der Waals surface area contributed by atoms with Crippen molar-refractivity contribution < 1.29 is 19.1 Å². The summed E-state index contributed by atoms with van der Waals surface area (Å²) in [6.45, 7) is 2.74. The van der Waals surface area contributed by atoms with E-state index >= 15 is 0 Å². The molecule has 1 aromatic rings. The summed E-state index contributed by atoms with van der Waals surface area (Å²) >= 11 is 0. The maximum Gasteiger partial charge on any atom is 0.307 e. The topological polar surface area (TPSA) is 64.6 Å². The third-order valence-corrected chi connectivity index (χ3v) is 2.71. The Hall–Kier alpha value is -2.04. The first-order chi connectivity index (χ1) is 9.67. The zero-order chi connectivity index (χ0) is 14.8. The molecule has 0 spiro atoms. The highest BCUT2D eigenvalue weighted by Gasteiger charge is 2.08. The van der Waals surface area contributed by atoms with Gasteiger partial charge in [-0.3, -0.25) is 9.59 Å². The molecular formula is C15H21NO4. The highest BCUT2D eigenvalue weighted by Crippen LogP contribution is 2.12. The number of carbonyl (C=O) groups is 2. The molecule has 5 heteroatoms. The van der Waals surface area contributed by atoms with Crippen molar-refractivity contribution in [3.05, 3.63) is 29.8 Å². The zero-order valence-electron chi connectivity index (χ0n) is 12.0. The molecule has 110 valence electrons. The molecule has 0 aliphatic carbocycles. The van der Waals surface area contributed by atoms with Crippen LogP contribution in [0.5, 0.6) is 5.75 Å². The summed E-state index contributed by atoms with van der Waals surface area (Å²) in [6.07, 6.45) is 2.03. The van der Waals surface area contributed by atoms with Crippen LogP contribution in [0.25, 0.3) is 0 Å². The van der Waals surface area contributed by atoms with Gasteiger partial charge in [0.15, 0.2) is 0 Å². The van der Waals surface area contributed by atoms with Crippen molar-refractivity contribution in [3.8, 4) is 5.75 Å². The third-order valence-electron chi connectivity index (χ3n) is 2.71. The molecule has 1 amide bonds. The van der Waals surface area contributed by atoms with Gasteiger partial charge in [-0.15, -0.1) is 0 Å². The van der Waals surface area contributed by atoms with Crippen LogP contribution < -0.4 is 10.1 Å². The maximum atomic E-state index is 11.8. The van der Waals surface area contributed by atoms with Gasteiger partial charge in [-0.1, -0.05) is 19.4 Å². The lowest BCUT2D eigenvalue weighted by Gasteiger charge is -2.07. The Morgan fingerprint density at radius 2 is 2.10 bits per heavy atom. The smallest absolute Gasteiger partial charge is 0.307 e. The molecule has 0 saturated heterocycles. The average molecular weight is 279 g/mol. The van der Waals surface area contributed by atoms with Crippen LogP contribution in [0, 0.1) is 0 Å². The van der Waals surface area contributed by atoms with E-state index in [1.165, 1.54) is 0 Å². The minimum atomic E-state index is -0.288. The lowest BCUT2D eigenvalue weighted by molar-refractivity contribution is -0.143. The normalized spacial score (nSPS) is 9.90. The Morgan fingerprint density at radius 3 is 2.80 bits per heavy atom. The standard InChI is InChI=1S/C15H21NO4/c1-3-4-10-20-14(17)8-9-16-15(18)12-6-5-7-13(11-12)19-2/h5-7,11H,3-4,8-10H2,1-2H3,(H,16,18). The maximum absolute atomic E-state index is 11.8. The summed E-state index contributed by atoms with van der Waals surface area (Å²) < 4.78 is 10.0. The number of carbonyl (C=O) groups excluding carboxylic acids is 2. The lowest BCUT2D eigenvalue weighted by Crippen LogP contribution is -2.26. The molecular weight excluding hydrogens is 258 g/mol. The Bertz CT molecular complexity index is 445. The first kappa shape index (κ1) is 16.0. The summed E-state index contributed by atoms with van der Waals surface area (Å²) in [7, 11) is 1.54.